The van der Waals surface area contributed by atoms with Gasteiger partial charge in [-0.15, -0.1) is 0 Å². The van der Waals surface area contributed by atoms with Crippen LogP contribution in [0.3, 0.4) is 0 Å². The molecule has 0 spiro atoms. The first-order valence-electron chi connectivity index (χ1n) is 10.6. The molecule has 0 amide bonds. The number of halogens is 4. The predicted octanol–water partition coefficient (Wildman–Crippen LogP) is 5.80. The van der Waals surface area contributed by atoms with Crippen LogP contribution < -0.4 is 5.32 Å². The van der Waals surface area contributed by atoms with Crippen LogP contribution >= 0.6 is 23.8 Å². The molecule has 0 saturated carbocycles. The summed E-state index contributed by atoms with van der Waals surface area (Å²) in [5.74, 6) is 0.0546. The van der Waals surface area contributed by atoms with E-state index < -0.39 is 23.4 Å². The van der Waals surface area contributed by atoms with Gasteiger partial charge in [-0.2, -0.15) is 13.2 Å². The normalized spacial score (nSPS) is 11.6. The van der Waals surface area contributed by atoms with Crippen molar-refractivity contribution >= 4 is 39.5 Å². The Morgan fingerprint density at radius 1 is 1.00 bits per heavy atom. The zero-order chi connectivity index (χ0) is 25.9. The van der Waals surface area contributed by atoms with Gasteiger partial charge in [0.05, 0.1) is 16.5 Å². The number of imidazole rings is 1. The number of thiol groups is 1. The van der Waals surface area contributed by atoms with Gasteiger partial charge in [0.1, 0.15) is 33.8 Å². The van der Waals surface area contributed by atoms with Gasteiger partial charge in [-0.05, 0) is 41.0 Å². The summed E-state index contributed by atoms with van der Waals surface area (Å²) >= 11 is 11.6. The minimum Gasteiger partial charge on any atom is -0.366 e. The molecule has 0 aliphatic heterocycles. The second-order valence-corrected chi connectivity index (χ2v) is 9.59. The topological polar surface area (TPSA) is 64.0 Å². The van der Waals surface area contributed by atoms with Crippen molar-refractivity contribution in [1.29, 1.82) is 0 Å². The van der Waals surface area contributed by atoms with Crippen LogP contribution in [0.15, 0.2) is 79.0 Å². The van der Waals surface area contributed by atoms with Crippen LogP contribution in [0.25, 0.3) is 28.2 Å². The highest BCUT2D eigenvalue weighted by Gasteiger charge is 2.28. The van der Waals surface area contributed by atoms with Crippen molar-refractivity contribution in [3.63, 3.8) is 0 Å². The number of benzene rings is 3. The van der Waals surface area contributed by atoms with Gasteiger partial charge < -0.3 is 5.32 Å². The van der Waals surface area contributed by atoms with Crippen molar-refractivity contribution in [2.45, 2.75) is 11.9 Å². The molecule has 186 valence electrons. The molecule has 11 heteroatoms. The van der Waals surface area contributed by atoms with Gasteiger partial charge in [0.25, 0.3) is 0 Å². The molecule has 1 N–H and O–H groups in total. The lowest BCUT2D eigenvalue weighted by Gasteiger charge is -2.14. The summed E-state index contributed by atoms with van der Waals surface area (Å²) < 4.78 is 63.3. The first kappa shape index (κ1) is 25.9. The third-order valence-electron chi connectivity index (χ3n) is 5.25. The minimum atomic E-state index is -4.46. The molecule has 36 heavy (non-hydrogen) atoms. The maximum absolute atomic E-state index is 12.7. The van der Waals surface area contributed by atoms with Crippen molar-refractivity contribution in [1.82, 2.24) is 14.9 Å². The lowest BCUT2D eigenvalue weighted by molar-refractivity contribution is -0.121. The number of nitrogens with zero attached hydrogens (tertiary/aromatic N) is 2. The standard InChI is InChI=1S/C25H19ClF3N3O2S2/c26-20-9-5-4-8-19(20)23-31-21(24(35)30-15-25(27,28)29)13-32(23)22-11-10-17(12-18(22)14-36(33)34)16-6-2-1-3-7-16/h1-13,36H,14-15H2,(H,30,35). The summed E-state index contributed by atoms with van der Waals surface area (Å²) in [7, 11) is -2.78. The third-order valence-corrected chi connectivity index (χ3v) is 6.53. The second-order valence-electron chi connectivity index (χ2n) is 7.80. The first-order valence-corrected chi connectivity index (χ1v) is 12.8. The zero-order valence-corrected chi connectivity index (χ0v) is 21.0. The van der Waals surface area contributed by atoms with Crippen molar-refractivity contribution in [3.05, 3.63) is 95.3 Å². The van der Waals surface area contributed by atoms with E-state index in [4.69, 9.17) is 23.8 Å². The predicted molar refractivity (Wildman–Crippen MR) is 139 cm³/mol. The molecule has 3 aromatic carbocycles. The fourth-order valence-corrected chi connectivity index (χ4v) is 4.60. The second kappa shape index (κ2) is 10.8. The van der Waals surface area contributed by atoms with Crippen LogP contribution in [0.4, 0.5) is 13.2 Å². The van der Waals surface area contributed by atoms with Crippen LogP contribution in [0.5, 0.6) is 0 Å². The summed E-state index contributed by atoms with van der Waals surface area (Å²) in [6.07, 6.45) is -2.98. The molecule has 5 nitrogen and oxygen atoms in total. The number of alkyl halides is 3. The van der Waals surface area contributed by atoms with Crippen LogP contribution in [0, 0.1) is 0 Å². The lowest BCUT2D eigenvalue weighted by atomic mass is 10.0. The lowest BCUT2D eigenvalue weighted by Crippen LogP contribution is -2.33. The minimum absolute atomic E-state index is 0.0915. The summed E-state index contributed by atoms with van der Waals surface area (Å²) in [4.78, 5) is 4.28. The smallest absolute Gasteiger partial charge is 0.366 e. The Balaban J connectivity index is 1.87. The van der Waals surface area contributed by atoms with Gasteiger partial charge in [-0.1, -0.05) is 72.3 Å². The number of hydrogen-bond donors (Lipinski definition) is 2. The molecular weight excluding hydrogens is 531 g/mol. The fourth-order valence-electron chi connectivity index (χ4n) is 3.67. The van der Waals surface area contributed by atoms with Crippen LogP contribution in [0.1, 0.15) is 11.3 Å². The Hall–Kier alpha value is -3.21. The summed E-state index contributed by atoms with van der Waals surface area (Å²) in [6, 6.07) is 21.6. The fraction of sp³-hybridized carbons (Fsp3) is 0.120. The van der Waals surface area contributed by atoms with Gasteiger partial charge in [0.2, 0.25) is 0 Å². The Morgan fingerprint density at radius 2 is 1.69 bits per heavy atom. The van der Waals surface area contributed by atoms with E-state index in [1.54, 1.807) is 41.0 Å². The quantitative estimate of drug-likeness (QED) is 0.225. The number of aromatic nitrogens is 2. The van der Waals surface area contributed by atoms with Crippen LogP contribution in [-0.2, 0) is 16.5 Å². The molecule has 0 bridgehead atoms. The maximum atomic E-state index is 12.7. The van der Waals surface area contributed by atoms with E-state index in [0.29, 0.717) is 27.7 Å². The largest absolute Gasteiger partial charge is 0.405 e. The SMILES string of the molecule is O=[SH](=O)Cc1cc(-c2ccccc2)ccc1-n1cc(C(=S)NCC(F)(F)F)nc1-c1ccccc1Cl. The van der Waals surface area contributed by atoms with E-state index in [-0.39, 0.29) is 16.4 Å². The number of hydrogen-bond acceptors (Lipinski definition) is 4. The maximum Gasteiger partial charge on any atom is 0.405 e. The Kier molecular flexibility index (Phi) is 7.77. The van der Waals surface area contributed by atoms with E-state index in [1.807, 2.05) is 36.4 Å². The zero-order valence-electron chi connectivity index (χ0n) is 18.5. The molecule has 0 aliphatic carbocycles. The van der Waals surface area contributed by atoms with Gasteiger partial charge in [0, 0.05) is 11.8 Å². The number of thiocarbonyl (C=S) groups is 1. The summed E-state index contributed by atoms with van der Waals surface area (Å²) in [5.41, 5.74) is 3.29. The van der Waals surface area contributed by atoms with E-state index >= 15 is 0 Å². The van der Waals surface area contributed by atoms with Gasteiger partial charge in [-0.3, -0.25) is 4.57 Å². The molecule has 0 aliphatic rings. The van der Waals surface area contributed by atoms with Gasteiger partial charge in [-0.25, -0.2) is 13.4 Å². The Bertz CT molecular complexity index is 1480. The third kappa shape index (κ3) is 6.13. The van der Waals surface area contributed by atoms with Crippen molar-refractivity contribution < 1.29 is 21.6 Å². The molecule has 0 fully saturated rings. The Labute approximate surface area is 217 Å². The van der Waals surface area contributed by atoms with Crippen molar-refractivity contribution in [3.8, 4) is 28.2 Å². The molecule has 1 aromatic heterocycles. The molecule has 4 aromatic rings. The van der Waals surface area contributed by atoms with E-state index in [1.165, 1.54) is 6.20 Å². The van der Waals surface area contributed by atoms with Crippen LogP contribution in [0.2, 0.25) is 5.02 Å². The molecule has 0 radical (unpaired) electrons. The van der Waals surface area contributed by atoms with E-state index in [0.717, 1.165) is 11.1 Å². The first-order chi connectivity index (χ1) is 17.1. The van der Waals surface area contributed by atoms with Crippen LogP contribution in [-0.4, -0.2) is 35.7 Å². The molecule has 0 atom stereocenters. The number of rotatable bonds is 7. The van der Waals surface area contributed by atoms with E-state index in [9.17, 15) is 21.6 Å². The molecule has 4 rings (SSSR count). The monoisotopic (exact) mass is 549 g/mol. The Morgan fingerprint density at radius 3 is 2.36 bits per heavy atom. The van der Waals surface area contributed by atoms with Crippen molar-refractivity contribution in [2.24, 2.45) is 0 Å². The molecule has 0 saturated heterocycles. The van der Waals surface area contributed by atoms with Crippen molar-refractivity contribution in [2.75, 3.05) is 6.54 Å². The average Bonchev–Trinajstić information content (AvgIpc) is 3.27. The highest BCUT2D eigenvalue weighted by molar-refractivity contribution is 7.80. The summed E-state index contributed by atoms with van der Waals surface area (Å²) in [6.45, 7) is -1.31. The molecule has 1 heterocycles. The van der Waals surface area contributed by atoms with E-state index in [2.05, 4.69) is 10.3 Å². The molecular formula is C25H19ClF3N3O2S2. The van der Waals surface area contributed by atoms with Gasteiger partial charge >= 0.3 is 6.18 Å². The highest BCUT2D eigenvalue weighted by Crippen LogP contribution is 2.32. The van der Waals surface area contributed by atoms with Gasteiger partial charge in [0.15, 0.2) is 0 Å². The highest BCUT2D eigenvalue weighted by atomic mass is 35.5. The molecule has 0 unspecified atom stereocenters. The number of nitrogens with one attached hydrogen (secondary N) is 1. The summed E-state index contributed by atoms with van der Waals surface area (Å²) in [5, 5.41) is 2.54. The average molecular weight is 550 g/mol.